The summed E-state index contributed by atoms with van der Waals surface area (Å²) in [7, 11) is 0. The number of hydrogen-bond donors (Lipinski definition) is 0. The molecule has 0 unspecified atom stereocenters. The molecule has 4 rings (SSSR count). The number of nitrogens with zero attached hydrogens (tertiary/aromatic N) is 4. The van der Waals surface area contributed by atoms with E-state index in [9.17, 15) is 4.79 Å². The lowest BCUT2D eigenvalue weighted by molar-refractivity contribution is 0.0622. The minimum atomic E-state index is -0.0112. The molecule has 1 aromatic carbocycles. The Kier molecular flexibility index (Phi) is 4.63. The van der Waals surface area contributed by atoms with Crippen LogP contribution in [0.2, 0.25) is 5.02 Å². The molecule has 6 nitrogen and oxygen atoms in total. The number of fused-ring (bicyclic) bond motifs is 1. The topological polar surface area (TPSA) is 50.6 Å². The zero-order valence-electron chi connectivity index (χ0n) is 14.0. The van der Waals surface area contributed by atoms with Gasteiger partial charge in [0.1, 0.15) is 0 Å². The summed E-state index contributed by atoms with van der Waals surface area (Å²) < 4.78 is 7.33. The maximum absolute atomic E-state index is 12.7. The molecule has 3 heterocycles. The van der Waals surface area contributed by atoms with Crippen molar-refractivity contribution in [1.29, 1.82) is 0 Å². The lowest BCUT2D eigenvalue weighted by atomic mass is 10.2. The van der Waals surface area contributed by atoms with E-state index in [1.807, 2.05) is 23.1 Å². The van der Waals surface area contributed by atoms with Crippen LogP contribution in [0.15, 0.2) is 30.3 Å². The van der Waals surface area contributed by atoms with Crippen molar-refractivity contribution in [1.82, 2.24) is 19.6 Å². The van der Waals surface area contributed by atoms with Gasteiger partial charge in [-0.1, -0.05) is 29.8 Å². The molecule has 0 bridgehead atoms. The van der Waals surface area contributed by atoms with Crippen molar-refractivity contribution in [2.45, 2.75) is 19.5 Å². The van der Waals surface area contributed by atoms with Crippen molar-refractivity contribution in [3.05, 3.63) is 46.6 Å². The number of benzene rings is 1. The van der Waals surface area contributed by atoms with E-state index >= 15 is 0 Å². The number of amides is 1. The summed E-state index contributed by atoms with van der Waals surface area (Å²) in [5.41, 5.74) is 1.61. The summed E-state index contributed by atoms with van der Waals surface area (Å²) in [5.74, 6) is 0.690. The molecule has 2 aliphatic rings. The van der Waals surface area contributed by atoms with E-state index in [1.165, 1.54) is 0 Å². The molecule has 25 heavy (non-hydrogen) atoms. The van der Waals surface area contributed by atoms with Crippen molar-refractivity contribution in [3.8, 4) is 5.88 Å². The van der Waals surface area contributed by atoms with E-state index in [0.29, 0.717) is 31.3 Å². The monoisotopic (exact) mass is 360 g/mol. The Morgan fingerprint density at radius 3 is 2.72 bits per heavy atom. The molecular weight excluding hydrogens is 340 g/mol. The second kappa shape index (κ2) is 7.06. The van der Waals surface area contributed by atoms with Crippen LogP contribution in [0, 0.1) is 0 Å². The van der Waals surface area contributed by atoms with E-state index in [-0.39, 0.29) is 5.91 Å². The molecule has 0 N–H and O–H groups in total. The molecule has 7 heteroatoms. The van der Waals surface area contributed by atoms with Gasteiger partial charge in [0.05, 0.1) is 6.61 Å². The standard InChI is InChI=1S/C18H21ClN4O2/c19-15-5-2-1-4-14(15)13-21-7-9-22(10-8-21)18(24)16-12-17-23(20-16)6-3-11-25-17/h1-2,4-5,12H,3,6-11,13H2. The number of carbonyl (C=O) groups excluding carboxylic acids is 1. The minimum absolute atomic E-state index is 0.0112. The Labute approximate surface area is 151 Å². The average Bonchev–Trinajstić information content (AvgIpc) is 3.08. The zero-order valence-corrected chi connectivity index (χ0v) is 14.8. The first-order valence-electron chi connectivity index (χ1n) is 8.66. The van der Waals surface area contributed by atoms with Gasteiger partial charge in [-0.05, 0) is 11.6 Å². The molecule has 1 aromatic heterocycles. The van der Waals surface area contributed by atoms with Crippen molar-refractivity contribution >= 4 is 17.5 Å². The summed E-state index contributed by atoms with van der Waals surface area (Å²) in [6.45, 7) is 5.39. The molecule has 2 aliphatic heterocycles. The first-order chi connectivity index (χ1) is 12.2. The van der Waals surface area contributed by atoms with Crippen molar-refractivity contribution in [2.24, 2.45) is 0 Å². The van der Waals surface area contributed by atoms with Crippen LogP contribution in [0.1, 0.15) is 22.5 Å². The van der Waals surface area contributed by atoms with Crippen LogP contribution < -0.4 is 4.74 Å². The molecule has 1 fully saturated rings. The van der Waals surface area contributed by atoms with Crippen LogP contribution in [0.25, 0.3) is 0 Å². The molecule has 0 aliphatic carbocycles. The van der Waals surface area contributed by atoms with E-state index in [4.69, 9.17) is 16.3 Å². The summed E-state index contributed by atoms with van der Waals surface area (Å²) >= 11 is 6.24. The van der Waals surface area contributed by atoms with Crippen LogP contribution in [-0.2, 0) is 13.1 Å². The SMILES string of the molecule is O=C(c1cc2n(n1)CCCO2)N1CCN(Cc2ccccc2Cl)CC1. The highest BCUT2D eigenvalue weighted by Crippen LogP contribution is 2.21. The van der Waals surface area contributed by atoms with Crippen LogP contribution in [0.5, 0.6) is 5.88 Å². The molecule has 0 radical (unpaired) electrons. The summed E-state index contributed by atoms with van der Waals surface area (Å²) in [5, 5.41) is 5.19. The number of halogens is 1. The Morgan fingerprint density at radius 1 is 1.16 bits per heavy atom. The van der Waals surface area contributed by atoms with Gasteiger partial charge >= 0.3 is 0 Å². The van der Waals surface area contributed by atoms with E-state index in [1.54, 1.807) is 10.7 Å². The quantitative estimate of drug-likeness (QED) is 0.842. The summed E-state index contributed by atoms with van der Waals surface area (Å²) in [6, 6.07) is 9.67. The third-order valence-electron chi connectivity index (χ3n) is 4.74. The summed E-state index contributed by atoms with van der Waals surface area (Å²) in [4.78, 5) is 16.9. The molecule has 2 aromatic rings. The van der Waals surface area contributed by atoms with Gasteiger partial charge in [-0.15, -0.1) is 0 Å². The Balaban J connectivity index is 1.36. The van der Waals surface area contributed by atoms with Crippen molar-refractivity contribution in [3.63, 3.8) is 0 Å². The predicted octanol–water partition coefficient (Wildman–Crippen LogP) is 2.28. The second-order valence-corrected chi connectivity index (χ2v) is 6.86. The van der Waals surface area contributed by atoms with Crippen LogP contribution in [0.4, 0.5) is 0 Å². The number of ether oxygens (including phenoxy) is 1. The third kappa shape index (κ3) is 3.50. The van der Waals surface area contributed by atoms with Gasteiger partial charge in [0.15, 0.2) is 5.69 Å². The maximum Gasteiger partial charge on any atom is 0.274 e. The average molecular weight is 361 g/mol. The Hall–Kier alpha value is -2.05. The van der Waals surface area contributed by atoms with Crippen molar-refractivity contribution in [2.75, 3.05) is 32.8 Å². The number of hydrogen-bond acceptors (Lipinski definition) is 4. The van der Waals surface area contributed by atoms with E-state index in [0.717, 1.165) is 43.2 Å². The lowest BCUT2D eigenvalue weighted by Gasteiger charge is -2.34. The first-order valence-corrected chi connectivity index (χ1v) is 9.04. The number of carbonyl (C=O) groups is 1. The van der Waals surface area contributed by atoms with Crippen LogP contribution in [-0.4, -0.2) is 58.3 Å². The van der Waals surface area contributed by atoms with E-state index < -0.39 is 0 Å². The number of aryl methyl sites for hydroxylation is 1. The largest absolute Gasteiger partial charge is 0.478 e. The second-order valence-electron chi connectivity index (χ2n) is 6.45. The van der Waals surface area contributed by atoms with Gasteiger partial charge in [-0.2, -0.15) is 5.10 Å². The Morgan fingerprint density at radius 2 is 1.96 bits per heavy atom. The fourth-order valence-electron chi connectivity index (χ4n) is 3.31. The van der Waals surface area contributed by atoms with Gasteiger partial charge in [-0.3, -0.25) is 9.69 Å². The molecular formula is C18H21ClN4O2. The minimum Gasteiger partial charge on any atom is -0.478 e. The normalized spacial score (nSPS) is 17.9. The fourth-order valence-corrected chi connectivity index (χ4v) is 3.51. The zero-order chi connectivity index (χ0) is 17.2. The fraction of sp³-hybridized carbons (Fsp3) is 0.444. The van der Waals surface area contributed by atoms with Gasteiger partial charge in [-0.25, -0.2) is 4.68 Å². The van der Waals surface area contributed by atoms with Gasteiger partial charge in [0.2, 0.25) is 5.88 Å². The van der Waals surface area contributed by atoms with Gasteiger partial charge < -0.3 is 9.64 Å². The number of piperazine rings is 1. The maximum atomic E-state index is 12.7. The highest BCUT2D eigenvalue weighted by atomic mass is 35.5. The molecule has 1 amide bonds. The lowest BCUT2D eigenvalue weighted by Crippen LogP contribution is -2.48. The number of aromatic nitrogens is 2. The highest BCUT2D eigenvalue weighted by Gasteiger charge is 2.26. The van der Waals surface area contributed by atoms with Crippen LogP contribution in [0.3, 0.4) is 0 Å². The first kappa shape index (κ1) is 16.4. The molecule has 132 valence electrons. The molecule has 0 saturated carbocycles. The molecule has 1 saturated heterocycles. The van der Waals surface area contributed by atoms with Crippen molar-refractivity contribution < 1.29 is 9.53 Å². The smallest absolute Gasteiger partial charge is 0.274 e. The van der Waals surface area contributed by atoms with Gasteiger partial charge in [0, 0.05) is 56.8 Å². The highest BCUT2D eigenvalue weighted by molar-refractivity contribution is 6.31. The third-order valence-corrected chi connectivity index (χ3v) is 5.11. The Bertz CT molecular complexity index is 745. The molecule has 0 atom stereocenters. The van der Waals surface area contributed by atoms with Crippen LogP contribution >= 0.6 is 11.6 Å². The molecule has 0 spiro atoms. The predicted molar refractivity (Wildman–Crippen MR) is 95.0 cm³/mol. The number of rotatable bonds is 3. The van der Waals surface area contributed by atoms with Gasteiger partial charge in [0.25, 0.3) is 5.91 Å². The summed E-state index contributed by atoms with van der Waals surface area (Å²) in [6.07, 6.45) is 0.934. The van der Waals surface area contributed by atoms with E-state index in [2.05, 4.69) is 16.1 Å².